The van der Waals surface area contributed by atoms with Crippen molar-refractivity contribution in [3.8, 4) is 0 Å². The second-order valence-electron chi connectivity index (χ2n) is 3.88. The minimum atomic E-state index is -1.36. The van der Waals surface area contributed by atoms with Gasteiger partial charge in [-0.2, -0.15) is 0 Å². The summed E-state index contributed by atoms with van der Waals surface area (Å²) in [7, 11) is 2.74. The third-order valence-corrected chi connectivity index (χ3v) is 2.43. The molecule has 0 saturated carbocycles. The Kier molecular flexibility index (Phi) is 5.98. The molecule has 1 aromatic carbocycles. The van der Waals surface area contributed by atoms with Gasteiger partial charge in [-0.15, -0.1) is 0 Å². The number of nitrogens with one attached hydrogen (secondary N) is 1. The fourth-order valence-electron chi connectivity index (χ4n) is 1.48. The Labute approximate surface area is 111 Å². The number of esters is 1. The van der Waals surface area contributed by atoms with Gasteiger partial charge in [0.2, 0.25) is 0 Å². The van der Waals surface area contributed by atoms with Gasteiger partial charge < -0.3 is 19.9 Å². The Morgan fingerprint density at radius 3 is 2.74 bits per heavy atom. The summed E-state index contributed by atoms with van der Waals surface area (Å²) in [6.45, 7) is 0.214. The Morgan fingerprint density at radius 2 is 2.11 bits per heavy atom. The van der Waals surface area contributed by atoms with Crippen LogP contribution in [0.5, 0.6) is 0 Å². The molecule has 0 spiro atoms. The topological polar surface area (TPSA) is 84.9 Å². The molecular weight excluding hydrogens is 250 g/mol. The average molecular weight is 267 g/mol. The molecule has 1 unspecified atom stereocenters. The fraction of sp³-hybridized carbons (Fsp3) is 0.385. The van der Waals surface area contributed by atoms with E-state index in [2.05, 4.69) is 10.1 Å². The zero-order chi connectivity index (χ0) is 14.3. The quantitative estimate of drug-likeness (QED) is 0.714. The molecule has 1 aromatic rings. The van der Waals surface area contributed by atoms with E-state index < -0.39 is 12.1 Å². The number of carbonyl (C=O) groups excluding carboxylic acids is 2. The highest BCUT2D eigenvalue weighted by atomic mass is 16.5. The third-order valence-electron chi connectivity index (χ3n) is 2.43. The zero-order valence-electron chi connectivity index (χ0n) is 10.9. The highest BCUT2D eigenvalue weighted by Crippen LogP contribution is 2.06. The number of rotatable bonds is 6. The first-order valence-corrected chi connectivity index (χ1v) is 5.70. The van der Waals surface area contributed by atoms with Crippen LogP contribution in [-0.2, 0) is 20.9 Å². The van der Waals surface area contributed by atoms with E-state index >= 15 is 0 Å². The second-order valence-corrected chi connectivity index (χ2v) is 3.88. The Balaban J connectivity index is 2.58. The highest BCUT2D eigenvalue weighted by Gasteiger charge is 2.16. The Morgan fingerprint density at radius 1 is 1.37 bits per heavy atom. The van der Waals surface area contributed by atoms with Gasteiger partial charge in [0.1, 0.15) is 0 Å². The van der Waals surface area contributed by atoms with Crippen LogP contribution in [0.15, 0.2) is 24.3 Å². The van der Waals surface area contributed by atoms with E-state index in [0.29, 0.717) is 12.2 Å². The number of amides is 1. The lowest BCUT2D eigenvalue weighted by Crippen LogP contribution is -2.37. The van der Waals surface area contributed by atoms with Crippen LogP contribution < -0.4 is 5.32 Å². The first-order chi connectivity index (χ1) is 9.08. The fourth-order valence-corrected chi connectivity index (χ4v) is 1.48. The normalized spacial score (nSPS) is 11.7. The molecular formula is C13H17NO5. The van der Waals surface area contributed by atoms with Crippen LogP contribution in [0.4, 0.5) is 0 Å². The lowest BCUT2D eigenvalue weighted by Gasteiger charge is -2.10. The smallest absolute Gasteiger partial charge is 0.336 e. The van der Waals surface area contributed by atoms with E-state index in [1.807, 2.05) is 6.07 Å². The molecule has 0 aliphatic rings. The summed E-state index contributed by atoms with van der Waals surface area (Å²) in [5, 5.41) is 11.8. The van der Waals surface area contributed by atoms with Gasteiger partial charge in [0.25, 0.3) is 5.91 Å². The Hall–Kier alpha value is -1.92. The van der Waals surface area contributed by atoms with Crippen molar-refractivity contribution in [3.05, 3.63) is 35.4 Å². The SMILES string of the molecule is COCc1cccc(C(=O)NCC(O)C(=O)OC)c1. The van der Waals surface area contributed by atoms with Gasteiger partial charge in [0, 0.05) is 12.7 Å². The summed E-state index contributed by atoms with van der Waals surface area (Å²) in [6.07, 6.45) is -1.36. The van der Waals surface area contributed by atoms with Crippen molar-refractivity contribution in [2.24, 2.45) is 0 Å². The lowest BCUT2D eigenvalue weighted by molar-refractivity contribution is -0.149. The van der Waals surface area contributed by atoms with Crippen LogP contribution in [0, 0.1) is 0 Å². The molecule has 0 radical (unpaired) electrons. The molecule has 1 amide bonds. The summed E-state index contributed by atoms with van der Waals surface area (Å²) < 4.78 is 9.32. The number of aliphatic hydroxyl groups excluding tert-OH is 1. The molecule has 19 heavy (non-hydrogen) atoms. The Bertz CT molecular complexity index is 446. The molecule has 6 heteroatoms. The van der Waals surface area contributed by atoms with Gasteiger partial charge in [-0.25, -0.2) is 4.79 Å². The van der Waals surface area contributed by atoms with Crippen LogP contribution in [0.3, 0.4) is 0 Å². The van der Waals surface area contributed by atoms with Gasteiger partial charge in [0.15, 0.2) is 6.10 Å². The number of ether oxygens (including phenoxy) is 2. The molecule has 0 aliphatic heterocycles. The van der Waals surface area contributed by atoms with E-state index in [0.717, 1.165) is 5.56 Å². The van der Waals surface area contributed by atoms with Crippen LogP contribution in [0.25, 0.3) is 0 Å². The molecule has 1 rings (SSSR count). The number of benzene rings is 1. The van der Waals surface area contributed by atoms with Gasteiger partial charge >= 0.3 is 5.97 Å². The van der Waals surface area contributed by atoms with Gasteiger partial charge in [-0.1, -0.05) is 12.1 Å². The molecule has 0 aliphatic carbocycles. The van der Waals surface area contributed by atoms with E-state index in [-0.39, 0.29) is 12.5 Å². The first-order valence-electron chi connectivity index (χ1n) is 5.70. The summed E-state index contributed by atoms with van der Waals surface area (Å²) in [4.78, 5) is 22.8. The third kappa shape index (κ3) is 4.69. The first kappa shape index (κ1) is 15.1. The number of hydrogen-bond donors (Lipinski definition) is 2. The number of carbonyl (C=O) groups is 2. The number of methoxy groups -OCH3 is 2. The van der Waals surface area contributed by atoms with Crippen LogP contribution in [-0.4, -0.2) is 43.9 Å². The summed E-state index contributed by atoms with van der Waals surface area (Å²) in [5.41, 5.74) is 1.30. The highest BCUT2D eigenvalue weighted by molar-refractivity contribution is 5.94. The molecule has 0 fully saturated rings. The van der Waals surface area contributed by atoms with Gasteiger partial charge in [-0.05, 0) is 17.7 Å². The van der Waals surface area contributed by atoms with E-state index in [4.69, 9.17) is 4.74 Å². The molecule has 104 valence electrons. The van der Waals surface area contributed by atoms with Gasteiger partial charge in [0.05, 0.1) is 20.3 Å². The average Bonchev–Trinajstić information content (AvgIpc) is 2.44. The molecule has 0 aromatic heterocycles. The van der Waals surface area contributed by atoms with Crippen molar-refractivity contribution in [2.45, 2.75) is 12.7 Å². The van der Waals surface area contributed by atoms with Crippen molar-refractivity contribution in [3.63, 3.8) is 0 Å². The molecule has 0 bridgehead atoms. The molecule has 0 saturated heterocycles. The molecule has 0 heterocycles. The standard InChI is InChI=1S/C13H17NO5/c1-18-8-9-4-3-5-10(6-9)12(16)14-7-11(15)13(17)19-2/h3-6,11,15H,7-8H2,1-2H3,(H,14,16). The molecule has 6 nitrogen and oxygen atoms in total. The van der Waals surface area contributed by atoms with Crippen LogP contribution >= 0.6 is 0 Å². The summed E-state index contributed by atoms with van der Waals surface area (Å²) in [6, 6.07) is 6.89. The molecule has 2 N–H and O–H groups in total. The van der Waals surface area contributed by atoms with E-state index in [1.165, 1.54) is 7.11 Å². The van der Waals surface area contributed by atoms with E-state index in [1.54, 1.807) is 25.3 Å². The lowest BCUT2D eigenvalue weighted by atomic mass is 10.1. The van der Waals surface area contributed by atoms with Crippen LogP contribution in [0.2, 0.25) is 0 Å². The maximum absolute atomic E-state index is 11.8. The van der Waals surface area contributed by atoms with Crippen molar-refractivity contribution in [2.75, 3.05) is 20.8 Å². The van der Waals surface area contributed by atoms with Crippen LogP contribution in [0.1, 0.15) is 15.9 Å². The van der Waals surface area contributed by atoms with Gasteiger partial charge in [-0.3, -0.25) is 4.79 Å². The number of hydrogen-bond acceptors (Lipinski definition) is 5. The van der Waals surface area contributed by atoms with Crippen molar-refractivity contribution < 1.29 is 24.2 Å². The van der Waals surface area contributed by atoms with Crippen molar-refractivity contribution >= 4 is 11.9 Å². The van der Waals surface area contributed by atoms with Crippen molar-refractivity contribution in [1.29, 1.82) is 0 Å². The largest absolute Gasteiger partial charge is 0.467 e. The maximum Gasteiger partial charge on any atom is 0.336 e. The monoisotopic (exact) mass is 267 g/mol. The zero-order valence-corrected chi connectivity index (χ0v) is 10.9. The predicted octanol–water partition coefficient (Wildman–Crippen LogP) is 0.0967. The minimum Gasteiger partial charge on any atom is -0.467 e. The second kappa shape index (κ2) is 7.50. The number of aliphatic hydroxyl groups is 1. The minimum absolute atomic E-state index is 0.194. The van der Waals surface area contributed by atoms with Crippen molar-refractivity contribution in [1.82, 2.24) is 5.32 Å². The predicted molar refractivity (Wildman–Crippen MR) is 67.5 cm³/mol. The maximum atomic E-state index is 11.8. The molecule has 1 atom stereocenters. The summed E-state index contributed by atoms with van der Waals surface area (Å²) in [5.74, 6) is -1.16. The van der Waals surface area contributed by atoms with E-state index in [9.17, 15) is 14.7 Å². The summed E-state index contributed by atoms with van der Waals surface area (Å²) >= 11 is 0.